The van der Waals surface area contributed by atoms with Crippen LogP contribution in [0.3, 0.4) is 0 Å². The molecular formula is C27H23ClN4O4S. The lowest BCUT2D eigenvalue weighted by molar-refractivity contribution is -0.384. The van der Waals surface area contributed by atoms with Gasteiger partial charge in [-0.05, 0) is 78.2 Å². The molecule has 0 saturated heterocycles. The van der Waals surface area contributed by atoms with Gasteiger partial charge in [0.1, 0.15) is 10.5 Å². The van der Waals surface area contributed by atoms with Crippen molar-refractivity contribution in [1.82, 2.24) is 10.3 Å². The Balaban J connectivity index is 1.42. The molecule has 37 heavy (non-hydrogen) atoms. The molecule has 1 unspecified atom stereocenters. The number of carbonyl (C=O) groups is 1. The smallest absolute Gasteiger partial charge is 0.288 e. The first-order chi connectivity index (χ1) is 17.7. The van der Waals surface area contributed by atoms with E-state index in [0.717, 1.165) is 17.5 Å². The summed E-state index contributed by atoms with van der Waals surface area (Å²) in [7, 11) is 0. The number of halogens is 1. The summed E-state index contributed by atoms with van der Waals surface area (Å²) < 4.78 is 5.95. The van der Waals surface area contributed by atoms with Crippen molar-refractivity contribution in [1.29, 1.82) is 0 Å². The Labute approximate surface area is 223 Å². The number of amides is 1. The van der Waals surface area contributed by atoms with Gasteiger partial charge in [0.2, 0.25) is 11.8 Å². The van der Waals surface area contributed by atoms with Crippen LogP contribution in [0.25, 0.3) is 28.6 Å². The molecule has 188 valence electrons. The van der Waals surface area contributed by atoms with E-state index in [1.807, 2.05) is 24.3 Å². The minimum atomic E-state index is -0.585. The molecule has 10 heteroatoms. The number of nitro groups is 1. The second-order valence-electron chi connectivity index (χ2n) is 8.38. The molecule has 4 aromatic rings. The van der Waals surface area contributed by atoms with Crippen molar-refractivity contribution in [3.8, 4) is 11.5 Å². The third kappa shape index (κ3) is 6.38. The summed E-state index contributed by atoms with van der Waals surface area (Å²) in [6.45, 7) is 4.33. The van der Waals surface area contributed by atoms with E-state index in [2.05, 4.69) is 41.6 Å². The van der Waals surface area contributed by atoms with Crippen LogP contribution in [0, 0.1) is 10.1 Å². The van der Waals surface area contributed by atoms with Gasteiger partial charge in [-0.2, -0.15) is 0 Å². The molecule has 1 aromatic heterocycles. The molecule has 0 radical (unpaired) electrons. The zero-order valence-electron chi connectivity index (χ0n) is 20.0. The van der Waals surface area contributed by atoms with Crippen LogP contribution in [0.5, 0.6) is 0 Å². The highest BCUT2D eigenvalue weighted by Crippen LogP contribution is 2.29. The van der Waals surface area contributed by atoms with E-state index in [4.69, 9.17) is 28.2 Å². The van der Waals surface area contributed by atoms with Gasteiger partial charge in [0.25, 0.3) is 5.69 Å². The molecular weight excluding hydrogens is 512 g/mol. The molecule has 2 N–H and O–H groups in total. The molecule has 1 amide bonds. The fourth-order valence-electron chi connectivity index (χ4n) is 3.60. The Kier molecular flexibility index (Phi) is 7.95. The SMILES string of the molecule is CCC(C)c1ccc2oc(-c3cccc(NC(=S)NC(=O)/C=C/c4ccc(Cl)c([N+](=O)[O-])c4)c3)nc2c1. The molecule has 4 rings (SSSR count). The van der Waals surface area contributed by atoms with Crippen LogP contribution < -0.4 is 10.6 Å². The lowest BCUT2D eigenvalue weighted by Gasteiger charge is -2.09. The van der Waals surface area contributed by atoms with Gasteiger partial charge < -0.3 is 9.73 Å². The van der Waals surface area contributed by atoms with E-state index in [1.165, 1.54) is 29.8 Å². The van der Waals surface area contributed by atoms with E-state index in [0.29, 0.717) is 28.6 Å². The van der Waals surface area contributed by atoms with Crippen LogP contribution in [-0.4, -0.2) is 20.9 Å². The molecule has 0 aliphatic heterocycles. The van der Waals surface area contributed by atoms with Crippen molar-refractivity contribution in [3.63, 3.8) is 0 Å². The highest BCUT2D eigenvalue weighted by Gasteiger charge is 2.13. The van der Waals surface area contributed by atoms with Gasteiger partial charge in [-0.15, -0.1) is 0 Å². The first-order valence-corrected chi connectivity index (χ1v) is 12.3. The molecule has 8 nitrogen and oxygen atoms in total. The molecule has 0 aliphatic carbocycles. The lowest BCUT2D eigenvalue weighted by atomic mass is 9.98. The van der Waals surface area contributed by atoms with Crippen LogP contribution >= 0.6 is 23.8 Å². The summed E-state index contributed by atoms with van der Waals surface area (Å²) in [5.41, 5.74) is 4.33. The predicted octanol–water partition coefficient (Wildman–Crippen LogP) is 7.10. The Morgan fingerprint density at radius 1 is 1.22 bits per heavy atom. The number of thiocarbonyl (C=S) groups is 1. The number of rotatable bonds is 7. The van der Waals surface area contributed by atoms with Crippen LogP contribution in [-0.2, 0) is 4.79 Å². The normalized spacial score (nSPS) is 12.0. The maximum Gasteiger partial charge on any atom is 0.288 e. The molecule has 0 aliphatic rings. The van der Waals surface area contributed by atoms with E-state index < -0.39 is 10.8 Å². The number of hydrogen-bond donors (Lipinski definition) is 2. The standard InChI is InChI=1S/C27H23ClN4O4S/c1-3-16(2)18-9-11-24-22(15-18)30-26(36-24)19-5-4-6-20(14-19)29-27(37)31-25(33)12-8-17-7-10-21(28)23(13-17)32(34)35/h4-16H,3H2,1-2H3,(H2,29,31,33,37)/b12-8+. The molecule has 0 fully saturated rings. The summed E-state index contributed by atoms with van der Waals surface area (Å²) in [4.78, 5) is 27.4. The molecule has 0 spiro atoms. The number of nitrogens with one attached hydrogen (secondary N) is 2. The van der Waals surface area contributed by atoms with Gasteiger partial charge in [0.15, 0.2) is 10.7 Å². The van der Waals surface area contributed by atoms with Gasteiger partial charge in [0.05, 0.1) is 4.92 Å². The highest BCUT2D eigenvalue weighted by atomic mass is 35.5. The third-order valence-corrected chi connectivity index (χ3v) is 6.31. The van der Waals surface area contributed by atoms with Crippen molar-refractivity contribution in [2.24, 2.45) is 0 Å². The zero-order valence-corrected chi connectivity index (χ0v) is 21.6. The molecule has 3 aromatic carbocycles. The van der Waals surface area contributed by atoms with Crippen LogP contribution in [0.4, 0.5) is 11.4 Å². The summed E-state index contributed by atoms with van der Waals surface area (Å²) >= 11 is 11.1. The average molecular weight is 535 g/mol. The number of nitro benzene ring substituents is 1. The third-order valence-electron chi connectivity index (χ3n) is 5.79. The Morgan fingerprint density at radius 2 is 2.03 bits per heavy atom. The van der Waals surface area contributed by atoms with Gasteiger partial charge in [-0.1, -0.05) is 43.6 Å². The monoisotopic (exact) mass is 534 g/mol. The van der Waals surface area contributed by atoms with Crippen LogP contribution in [0.2, 0.25) is 5.02 Å². The number of hydrogen-bond acceptors (Lipinski definition) is 6. The summed E-state index contributed by atoms with van der Waals surface area (Å²) in [6.07, 6.45) is 3.70. The van der Waals surface area contributed by atoms with E-state index in [-0.39, 0.29) is 15.8 Å². The predicted molar refractivity (Wildman–Crippen MR) is 150 cm³/mol. The summed E-state index contributed by atoms with van der Waals surface area (Å²) in [5.74, 6) is 0.421. The first-order valence-electron chi connectivity index (χ1n) is 11.5. The second-order valence-corrected chi connectivity index (χ2v) is 9.20. The molecule has 1 atom stereocenters. The number of carbonyl (C=O) groups excluding carboxylic acids is 1. The maximum absolute atomic E-state index is 12.3. The number of benzene rings is 3. The van der Waals surface area contributed by atoms with Crippen molar-refractivity contribution in [2.75, 3.05) is 5.32 Å². The second kappa shape index (κ2) is 11.3. The van der Waals surface area contributed by atoms with Gasteiger partial charge in [-0.3, -0.25) is 20.2 Å². The largest absolute Gasteiger partial charge is 0.436 e. The Hall–Kier alpha value is -4.08. The van der Waals surface area contributed by atoms with Crippen LogP contribution in [0.1, 0.15) is 37.3 Å². The first kappa shape index (κ1) is 26.0. The Bertz CT molecular complexity index is 1530. The van der Waals surface area contributed by atoms with Crippen LogP contribution in [0.15, 0.2) is 71.2 Å². The maximum atomic E-state index is 12.3. The number of aromatic nitrogens is 1. The van der Waals surface area contributed by atoms with Crippen molar-refractivity contribution in [2.45, 2.75) is 26.2 Å². The van der Waals surface area contributed by atoms with Gasteiger partial charge in [0, 0.05) is 23.4 Å². The Morgan fingerprint density at radius 3 is 2.78 bits per heavy atom. The van der Waals surface area contributed by atoms with E-state index >= 15 is 0 Å². The zero-order chi connectivity index (χ0) is 26.5. The average Bonchev–Trinajstić information content (AvgIpc) is 3.31. The van der Waals surface area contributed by atoms with Crippen molar-refractivity contribution in [3.05, 3.63) is 93.0 Å². The molecule has 0 saturated carbocycles. The highest BCUT2D eigenvalue weighted by molar-refractivity contribution is 7.80. The van der Waals surface area contributed by atoms with E-state index in [9.17, 15) is 14.9 Å². The fraction of sp³-hybridized carbons (Fsp3) is 0.148. The van der Waals surface area contributed by atoms with Gasteiger partial charge >= 0.3 is 0 Å². The fourth-order valence-corrected chi connectivity index (χ4v) is 4.01. The molecule has 1 heterocycles. The van der Waals surface area contributed by atoms with E-state index in [1.54, 1.807) is 12.1 Å². The van der Waals surface area contributed by atoms with Crippen molar-refractivity contribution < 1.29 is 14.1 Å². The number of anilines is 1. The number of fused-ring (bicyclic) bond motifs is 1. The van der Waals surface area contributed by atoms with Gasteiger partial charge in [-0.25, -0.2) is 4.98 Å². The summed E-state index contributed by atoms with van der Waals surface area (Å²) in [5, 5.41) is 16.6. The lowest BCUT2D eigenvalue weighted by Crippen LogP contribution is -2.32. The molecule has 0 bridgehead atoms. The topological polar surface area (TPSA) is 110 Å². The number of oxazole rings is 1. The van der Waals surface area contributed by atoms with Crippen molar-refractivity contribution >= 4 is 63.4 Å². The summed E-state index contributed by atoms with van der Waals surface area (Å²) in [6, 6.07) is 17.6. The minimum Gasteiger partial charge on any atom is -0.436 e. The number of nitrogens with zero attached hydrogens (tertiary/aromatic N) is 2. The quantitative estimate of drug-likeness (QED) is 0.113. The minimum absolute atomic E-state index is 0.0212.